The van der Waals surface area contributed by atoms with Crippen molar-refractivity contribution in [1.29, 1.82) is 0 Å². The van der Waals surface area contributed by atoms with Crippen LogP contribution in [0.25, 0.3) is 0 Å². The van der Waals surface area contributed by atoms with Crippen LogP contribution in [0.4, 0.5) is 0 Å². The minimum absolute atomic E-state index is 0.0802. The molecular formula is C14H19ClN2O2S. The molecule has 0 fully saturated rings. The maximum Gasteiger partial charge on any atom is 0.258 e. The highest BCUT2D eigenvalue weighted by molar-refractivity contribution is 7.80. The van der Waals surface area contributed by atoms with Crippen molar-refractivity contribution in [3.8, 4) is 5.75 Å². The van der Waals surface area contributed by atoms with Crippen LogP contribution in [0.3, 0.4) is 0 Å². The van der Waals surface area contributed by atoms with Gasteiger partial charge in [0, 0.05) is 11.6 Å². The second kappa shape index (κ2) is 7.45. The predicted octanol–water partition coefficient (Wildman–Crippen LogP) is 2.51. The van der Waals surface area contributed by atoms with E-state index in [1.807, 2.05) is 20.8 Å². The summed E-state index contributed by atoms with van der Waals surface area (Å²) >= 11 is 10.9. The Morgan fingerprint density at radius 1 is 1.45 bits per heavy atom. The van der Waals surface area contributed by atoms with Crippen molar-refractivity contribution in [2.45, 2.75) is 26.8 Å². The van der Waals surface area contributed by atoms with Gasteiger partial charge >= 0.3 is 0 Å². The summed E-state index contributed by atoms with van der Waals surface area (Å²) in [7, 11) is 0. The van der Waals surface area contributed by atoms with Gasteiger partial charge in [0.2, 0.25) is 0 Å². The molecule has 0 saturated carbocycles. The topological polar surface area (TPSA) is 64.3 Å². The van der Waals surface area contributed by atoms with Gasteiger partial charge < -0.3 is 15.8 Å². The van der Waals surface area contributed by atoms with Crippen molar-refractivity contribution < 1.29 is 9.53 Å². The number of nitrogens with two attached hydrogens (primary N) is 1. The van der Waals surface area contributed by atoms with Gasteiger partial charge in [-0.25, -0.2) is 0 Å². The number of hydrogen-bond donors (Lipinski definition) is 2. The van der Waals surface area contributed by atoms with Crippen LogP contribution in [0, 0.1) is 5.92 Å². The molecule has 3 N–H and O–H groups in total. The SMILES string of the molecule is CC(C)C(C)NC(=O)COc1ccc(C(N)=S)cc1Cl. The molecule has 0 aliphatic carbocycles. The molecule has 1 amide bonds. The number of thiocarbonyl (C=S) groups is 1. The number of rotatable bonds is 6. The first-order valence-corrected chi connectivity index (χ1v) is 7.11. The van der Waals surface area contributed by atoms with Crippen LogP contribution in [0.1, 0.15) is 26.3 Å². The molecule has 4 nitrogen and oxygen atoms in total. The fraction of sp³-hybridized carbons (Fsp3) is 0.429. The average molecular weight is 315 g/mol. The van der Waals surface area contributed by atoms with Gasteiger partial charge in [0.25, 0.3) is 5.91 Å². The monoisotopic (exact) mass is 314 g/mol. The van der Waals surface area contributed by atoms with E-state index in [1.165, 1.54) is 0 Å². The third-order valence-corrected chi connectivity index (χ3v) is 3.49. The standard InChI is InChI=1S/C14H19ClN2O2S/c1-8(2)9(3)17-13(18)7-19-12-5-4-10(14(16)20)6-11(12)15/h4-6,8-9H,7H2,1-3H3,(H2,16,20)(H,17,18). The lowest BCUT2D eigenvalue weighted by atomic mass is 10.1. The number of halogens is 1. The van der Waals surface area contributed by atoms with Crippen molar-refractivity contribution in [2.75, 3.05) is 6.61 Å². The Bertz CT molecular complexity index is 506. The Morgan fingerprint density at radius 2 is 2.10 bits per heavy atom. The minimum Gasteiger partial charge on any atom is -0.482 e. The summed E-state index contributed by atoms with van der Waals surface area (Å²) in [5.41, 5.74) is 6.17. The van der Waals surface area contributed by atoms with Crippen LogP contribution < -0.4 is 15.8 Å². The maximum atomic E-state index is 11.7. The molecule has 0 saturated heterocycles. The van der Waals surface area contributed by atoms with Gasteiger partial charge in [0.15, 0.2) is 6.61 Å². The van der Waals surface area contributed by atoms with Gasteiger partial charge in [-0.3, -0.25) is 4.79 Å². The van der Waals surface area contributed by atoms with Gasteiger partial charge in [0.1, 0.15) is 10.7 Å². The molecule has 6 heteroatoms. The maximum absolute atomic E-state index is 11.7. The molecule has 1 unspecified atom stereocenters. The van der Waals surface area contributed by atoms with E-state index < -0.39 is 0 Å². The molecule has 0 spiro atoms. The van der Waals surface area contributed by atoms with Gasteiger partial charge in [-0.15, -0.1) is 0 Å². The minimum atomic E-state index is -0.180. The summed E-state index contributed by atoms with van der Waals surface area (Å²) in [6.07, 6.45) is 0. The van der Waals surface area contributed by atoms with E-state index in [2.05, 4.69) is 5.32 Å². The average Bonchev–Trinajstić information content (AvgIpc) is 2.36. The van der Waals surface area contributed by atoms with Crippen LogP contribution in [0.15, 0.2) is 18.2 Å². The van der Waals surface area contributed by atoms with Crippen LogP contribution in [0.2, 0.25) is 5.02 Å². The van der Waals surface area contributed by atoms with Crippen molar-refractivity contribution in [3.05, 3.63) is 28.8 Å². The lowest BCUT2D eigenvalue weighted by Crippen LogP contribution is -2.38. The second-order valence-corrected chi connectivity index (χ2v) is 5.75. The highest BCUT2D eigenvalue weighted by atomic mass is 35.5. The zero-order chi connectivity index (χ0) is 15.3. The van der Waals surface area contributed by atoms with E-state index in [0.29, 0.717) is 22.3 Å². The van der Waals surface area contributed by atoms with E-state index in [1.54, 1.807) is 18.2 Å². The summed E-state index contributed by atoms with van der Waals surface area (Å²) in [5, 5.41) is 3.23. The number of ether oxygens (including phenoxy) is 1. The Morgan fingerprint density at radius 3 is 2.60 bits per heavy atom. The molecule has 0 radical (unpaired) electrons. The molecule has 1 atom stereocenters. The van der Waals surface area contributed by atoms with Crippen LogP contribution in [0.5, 0.6) is 5.75 Å². The molecule has 0 bridgehead atoms. The Kier molecular flexibility index (Phi) is 6.23. The number of hydrogen-bond acceptors (Lipinski definition) is 3. The highest BCUT2D eigenvalue weighted by Crippen LogP contribution is 2.25. The first kappa shape index (κ1) is 16.7. The van der Waals surface area contributed by atoms with Crippen molar-refractivity contribution in [3.63, 3.8) is 0 Å². The molecule has 20 heavy (non-hydrogen) atoms. The zero-order valence-electron chi connectivity index (χ0n) is 11.8. The summed E-state index contributed by atoms with van der Waals surface area (Å²) in [5.74, 6) is 0.618. The molecule has 0 aromatic heterocycles. The molecule has 1 aromatic rings. The molecule has 0 aliphatic rings. The number of benzene rings is 1. The van der Waals surface area contributed by atoms with Gasteiger partial charge in [-0.1, -0.05) is 37.7 Å². The van der Waals surface area contributed by atoms with E-state index in [-0.39, 0.29) is 23.5 Å². The van der Waals surface area contributed by atoms with E-state index >= 15 is 0 Å². The number of carbonyl (C=O) groups excluding carboxylic acids is 1. The van der Waals surface area contributed by atoms with Gasteiger partial charge in [-0.05, 0) is 31.0 Å². The van der Waals surface area contributed by atoms with E-state index in [9.17, 15) is 4.79 Å². The highest BCUT2D eigenvalue weighted by Gasteiger charge is 2.12. The van der Waals surface area contributed by atoms with Crippen LogP contribution in [-0.2, 0) is 4.79 Å². The van der Waals surface area contributed by atoms with Gasteiger partial charge in [0.05, 0.1) is 5.02 Å². The van der Waals surface area contributed by atoms with Gasteiger partial charge in [-0.2, -0.15) is 0 Å². The number of amides is 1. The first-order valence-electron chi connectivity index (χ1n) is 6.32. The number of nitrogens with one attached hydrogen (secondary N) is 1. The second-order valence-electron chi connectivity index (χ2n) is 4.90. The lowest BCUT2D eigenvalue weighted by Gasteiger charge is -2.17. The van der Waals surface area contributed by atoms with Crippen molar-refractivity contribution in [1.82, 2.24) is 5.32 Å². The Labute approximate surface area is 129 Å². The van der Waals surface area contributed by atoms with Crippen LogP contribution in [-0.4, -0.2) is 23.5 Å². The third kappa shape index (κ3) is 4.98. The van der Waals surface area contributed by atoms with Crippen LogP contribution >= 0.6 is 23.8 Å². The predicted molar refractivity (Wildman–Crippen MR) is 85.3 cm³/mol. The quantitative estimate of drug-likeness (QED) is 0.792. The van der Waals surface area contributed by atoms with E-state index in [4.69, 9.17) is 34.3 Å². The molecule has 1 aromatic carbocycles. The van der Waals surface area contributed by atoms with Crippen molar-refractivity contribution in [2.24, 2.45) is 11.7 Å². The van der Waals surface area contributed by atoms with E-state index in [0.717, 1.165) is 0 Å². The number of carbonyl (C=O) groups is 1. The lowest BCUT2D eigenvalue weighted by molar-refractivity contribution is -0.123. The molecule has 0 aliphatic heterocycles. The smallest absolute Gasteiger partial charge is 0.258 e. The summed E-state index contributed by atoms with van der Waals surface area (Å²) < 4.78 is 5.39. The molecular weight excluding hydrogens is 296 g/mol. The molecule has 0 heterocycles. The third-order valence-electron chi connectivity index (χ3n) is 2.96. The normalized spacial score (nSPS) is 12.1. The molecule has 1 rings (SSSR count). The van der Waals surface area contributed by atoms with Crippen molar-refractivity contribution >= 4 is 34.7 Å². The Hall–Kier alpha value is -1.33. The fourth-order valence-electron chi connectivity index (χ4n) is 1.38. The summed E-state index contributed by atoms with van der Waals surface area (Å²) in [6, 6.07) is 5.07. The largest absolute Gasteiger partial charge is 0.482 e. The molecule has 110 valence electrons. The zero-order valence-corrected chi connectivity index (χ0v) is 13.3. The summed E-state index contributed by atoms with van der Waals surface area (Å²) in [4.78, 5) is 12.0. The Balaban J connectivity index is 2.58. The fourth-order valence-corrected chi connectivity index (χ4v) is 1.74. The summed E-state index contributed by atoms with van der Waals surface area (Å²) in [6.45, 7) is 5.95. The first-order chi connectivity index (χ1) is 9.31.